The fourth-order valence-electron chi connectivity index (χ4n) is 2.40. The summed E-state index contributed by atoms with van der Waals surface area (Å²) in [6, 6.07) is 14.0. The number of halogens is 1. The van der Waals surface area contributed by atoms with Crippen molar-refractivity contribution in [3.8, 4) is 0 Å². The molecule has 0 aliphatic rings. The van der Waals surface area contributed by atoms with E-state index in [1.807, 2.05) is 24.3 Å². The third kappa shape index (κ3) is 2.75. The van der Waals surface area contributed by atoms with E-state index in [-0.39, 0.29) is 4.90 Å². The molecular weight excluding hydrogens is 317 g/mol. The fourth-order valence-corrected chi connectivity index (χ4v) is 3.80. The summed E-state index contributed by atoms with van der Waals surface area (Å²) in [6.07, 6.45) is 0. The van der Waals surface area contributed by atoms with E-state index in [1.54, 1.807) is 13.0 Å². The molecule has 120 valence electrons. The minimum atomic E-state index is -3.96. The Bertz CT molecular complexity index is 916. The zero-order chi connectivity index (χ0) is 16.6. The summed E-state index contributed by atoms with van der Waals surface area (Å²) in [7, 11) is -2.54. The van der Waals surface area contributed by atoms with Crippen molar-refractivity contribution >= 4 is 21.0 Å². The van der Waals surface area contributed by atoms with Crippen molar-refractivity contribution in [2.75, 3.05) is 7.05 Å². The van der Waals surface area contributed by atoms with Crippen LogP contribution in [0.5, 0.6) is 0 Å². The third-order valence-electron chi connectivity index (χ3n) is 3.90. The summed E-state index contributed by atoms with van der Waals surface area (Å²) in [4.78, 5) is -0.342. The first-order valence-electron chi connectivity index (χ1n) is 7.12. The van der Waals surface area contributed by atoms with Gasteiger partial charge in [-0.25, -0.2) is 12.8 Å². The molecule has 0 amide bonds. The van der Waals surface area contributed by atoms with E-state index in [4.69, 9.17) is 4.42 Å². The van der Waals surface area contributed by atoms with E-state index in [0.717, 1.165) is 15.8 Å². The first-order valence-corrected chi connectivity index (χ1v) is 8.56. The van der Waals surface area contributed by atoms with Gasteiger partial charge in [-0.1, -0.05) is 30.3 Å². The van der Waals surface area contributed by atoms with Crippen LogP contribution in [0, 0.1) is 5.82 Å². The molecule has 2 aromatic carbocycles. The summed E-state index contributed by atoms with van der Waals surface area (Å²) in [5, 5.41) is 0.894. The molecule has 0 saturated carbocycles. The molecule has 0 unspecified atom stereocenters. The second-order valence-electron chi connectivity index (χ2n) is 5.31. The van der Waals surface area contributed by atoms with Crippen LogP contribution in [0.2, 0.25) is 0 Å². The van der Waals surface area contributed by atoms with Crippen LogP contribution in [0.3, 0.4) is 0 Å². The molecule has 1 atom stereocenters. The van der Waals surface area contributed by atoms with E-state index in [1.165, 1.54) is 25.2 Å². The van der Waals surface area contributed by atoms with Crippen LogP contribution >= 0.6 is 0 Å². The quantitative estimate of drug-likeness (QED) is 0.726. The van der Waals surface area contributed by atoms with Crippen LogP contribution in [-0.4, -0.2) is 19.8 Å². The minimum absolute atomic E-state index is 0.342. The normalized spacial score (nSPS) is 13.6. The predicted octanol–water partition coefficient (Wildman–Crippen LogP) is 3.95. The zero-order valence-corrected chi connectivity index (χ0v) is 13.5. The van der Waals surface area contributed by atoms with Gasteiger partial charge in [0, 0.05) is 12.4 Å². The Hall–Kier alpha value is -2.18. The summed E-state index contributed by atoms with van der Waals surface area (Å²) in [6.45, 7) is 1.70. The number of rotatable bonds is 4. The molecule has 6 heteroatoms. The van der Waals surface area contributed by atoms with E-state index < -0.39 is 21.9 Å². The Morgan fingerprint density at radius 2 is 1.74 bits per heavy atom. The molecule has 1 aromatic heterocycles. The average Bonchev–Trinajstić information content (AvgIpc) is 2.97. The minimum Gasteiger partial charge on any atom is -0.459 e. The molecule has 3 aromatic rings. The smallest absolute Gasteiger partial charge is 0.246 e. The van der Waals surface area contributed by atoms with E-state index in [2.05, 4.69) is 0 Å². The number of para-hydroxylation sites is 1. The van der Waals surface area contributed by atoms with Crippen molar-refractivity contribution in [1.82, 2.24) is 4.31 Å². The Morgan fingerprint density at radius 3 is 2.43 bits per heavy atom. The number of hydrogen-bond donors (Lipinski definition) is 0. The van der Waals surface area contributed by atoms with Gasteiger partial charge in [0.05, 0.1) is 6.04 Å². The summed E-state index contributed by atoms with van der Waals surface area (Å²) < 4.78 is 45.9. The lowest BCUT2D eigenvalue weighted by molar-refractivity contribution is 0.346. The lowest BCUT2D eigenvalue weighted by atomic mass is 10.2. The molecule has 23 heavy (non-hydrogen) atoms. The van der Waals surface area contributed by atoms with Gasteiger partial charge in [0.15, 0.2) is 0 Å². The molecule has 0 bridgehead atoms. The number of benzene rings is 2. The topological polar surface area (TPSA) is 50.5 Å². The molecule has 0 spiro atoms. The van der Waals surface area contributed by atoms with Gasteiger partial charge in [-0.05, 0) is 31.2 Å². The molecule has 0 N–H and O–H groups in total. The van der Waals surface area contributed by atoms with Crippen LogP contribution in [0.25, 0.3) is 11.0 Å². The van der Waals surface area contributed by atoms with Gasteiger partial charge in [0.25, 0.3) is 0 Å². The van der Waals surface area contributed by atoms with Gasteiger partial charge >= 0.3 is 0 Å². The maximum atomic E-state index is 13.8. The standard InChI is InChI=1S/C17H16FNO3S/c1-12(16-11-13-7-3-5-9-15(13)22-16)19(2)23(20,21)17-10-6-4-8-14(17)18/h3-12H,1-2H3/t12-/m0/s1. The fraction of sp³-hybridized carbons (Fsp3) is 0.176. The predicted molar refractivity (Wildman–Crippen MR) is 86.0 cm³/mol. The summed E-state index contributed by atoms with van der Waals surface area (Å²) in [5.74, 6) is -0.259. The van der Waals surface area contributed by atoms with E-state index in [0.29, 0.717) is 11.3 Å². The van der Waals surface area contributed by atoms with E-state index >= 15 is 0 Å². The first kappa shape index (κ1) is 15.7. The van der Waals surface area contributed by atoms with Crippen LogP contribution in [0.1, 0.15) is 18.7 Å². The van der Waals surface area contributed by atoms with Gasteiger partial charge in [0.1, 0.15) is 22.1 Å². The van der Waals surface area contributed by atoms with Crippen LogP contribution in [0.15, 0.2) is 63.9 Å². The molecule has 0 aliphatic heterocycles. The number of sulfonamides is 1. The SMILES string of the molecule is C[C@@H](c1cc2ccccc2o1)N(C)S(=O)(=O)c1ccccc1F. The maximum absolute atomic E-state index is 13.8. The number of hydrogen-bond acceptors (Lipinski definition) is 3. The third-order valence-corrected chi connectivity index (χ3v) is 5.86. The van der Waals surface area contributed by atoms with Gasteiger partial charge in [-0.2, -0.15) is 4.31 Å². The van der Waals surface area contributed by atoms with Gasteiger partial charge in [-0.15, -0.1) is 0 Å². The zero-order valence-electron chi connectivity index (χ0n) is 12.7. The molecule has 1 heterocycles. The van der Waals surface area contributed by atoms with Crippen LogP contribution in [-0.2, 0) is 10.0 Å². The van der Waals surface area contributed by atoms with Crippen LogP contribution in [0.4, 0.5) is 4.39 Å². The highest BCUT2D eigenvalue weighted by molar-refractivity contribution is 7.89. The van der Waals surface area contributed by atoms with Crippen molar-refractivity contribution in [1.29, 1.82) is 0 Å². The molecule has 0 aliphatic carbocycles. The van der Waals surface area contributed by atoms with Gasteiger partial charge < -0.3 is 4.42 Å². The van der Waals surface area contributed by atoms with Crippen molar-refractivity contribution in [3.05, 3.63) is 66.2 Å². The number of nitrogens with zero attached hydrogens (tertiary/aromatic N) is 1. The Morgan fingerprint density at radius 1 is 1.09 bits per heavy atom. The number of fused-ring (bicyclic) bond motifs is 1. The Labute approximate surface area is 134 Å². The van der Waals surface area contributed by atoms with Gasteiger partial charge in [-0.3, -0.25) is 0 Å². The second-order valence-corrected chi connectivity index (χ2v) is 7.28. The molecule has 0 saturated heterocycles. The average molecular weight is 333 g/mol. The summed E-state index contributed by atoms with van der Waals surface area (Å²) >= 11 is 0. The Balaban J connectivity index is 1.98. The van der Waals surface area contributed by atoms with Crippen molar-refractivity contribution in [2.45, 2.75) is 17.9 Å². The van der Waals surface area contributed by atoms with Crippen molar-refractivity contribution in [3.63, 3.8) is 0 Å². The van der Waals surface area contributed by atoms with Crippen molar-refractivity contribution < 1.29 is 17.2 Å². The molecule has 0 radical (unpaired) electrons. The lowest BCUT2D eigenvalue weighted by Crippen LogP contribution is -2.30. The highest BCUT2D eigenvalue weighted by atomic mass is 32.2. The maximum Gasteiger partial charge on any atom is 0.246 e. The van der Waals surface area contributed by atoms with Crippen LogP contribution < -0.4 is 0 Å². The van der Waals surface area contributed by atoms with Gasteiger partial charge in [0.2, 0.25) is 10.0 Å². The molecule has 3 rings (SSSR count). The lowest BCUT2D eigenvalue weighted by Gasteiger charge is -2.22. The number of furan rings is 1. The molecular formula is C17H16FNO3S. The largest absolute Gasteiger partial charge is 0.459 e. The van der Waals surface area contributed by atoms with E-state index in [9.17, 15) is 12.8 Å². The molecule has 0 fully saturated rings. The monoisotopic (exact) mass is 333 g/mol. The highest BCUT2D eigenvalue weighted by Gasteiger charge is 2.30. The summed E-state index contributed by atoms with van der Waals surface area (Å²) in [5.41, 5.74) is 0.686. The highest BCUT2D eigenvalue weighted by Crippen LogP contribution is 2.30. The van der Waals surface area contributed by atoms with Crippen molar-refractivity contribution in [2.24, 2.45) is 0 Å². The second kappa shape index (κ2) is 5.79. The molecule has 4 nitrogen and oxygen atoms in total. The Kier molecular flexibility index (Phi) is 3.95. The first-order chi connectivity index (χ1) is 10.9.